The molecule has 0 heterocycles. The number of aliphatic carboxylic acids is 1. The Morgan fingerprint density at radius 2 is 2.00 bits per heavy atom. The summed E-state index contributed by atoms with van der Waals surface area (Å²) in [6, 6.07) is 5.89. The Morgan fingerprint density at radius 3 is 2.59 bits per heavy atom. The van der Waals surface area contributed by atoms with Gasteiger partial charge < -0.3 is 19.5 Å². The first-order valence-electron chi connectivity index (χ1n) is 7.71. The molecule has 1 rings (SSSR count). The number of rotatable bonds is 10. The summed E-state index contributed by atoms with van der Waals surface area (Å²) < 4.78 is 11.4. The summed E-state index contributed by atoms with van der Waals surface area (Å²) in [5.41, 5.74) is 1.08. The minimum atomic E-state index is -0.778. The predicted molar refractivity (Wildman–Crippen MR) is 86.5 cm³/mol. The molecule has 1 N–H and O–H groups in total. The number of carboxylic acids is 1. The van der Waals surface area contributed by atoms with Crippen LogP contribution in [-0.2, 0) is 11.3 Å². The van der Waals surface area contributed by atoms with Crippen molar-refractivity contribution >= 4 is 5.97 Å². The molecule has 0 radical (unpaired) electrons. The van der Waals surface area contributed by atoms with Gasteiger partial charge in [0.1, 0.15) is 0 Å². The van der Waals surface area contributed by atoms with E-state index in [0.717, 1.165) is 17.1 Å². The second-order valence-electron chi connectivity index (χ2n) is 5.80. The summed E-state index contributed by atoms with van der Waals surface area (Å²) in [5.74, 6) is 1.18. The van der Waals surface area contributed by atoms with Crippen molar-refractivity contribution in [3.63, 3.8) is 0 Å². The number of carboxylic acid groups (broad SMARTS) is 1. The SMILES string of the molecule is CCOc1cc(CN(C)CCC(=O)O)ccc1OCC(C)C. The highest BCUT2D eigenvalue weighted by atomic mass is 16.5. The third-order valence-electron chi connectivity index (χ3n) is 3.04. The van der Waals surface area contributed by atoms with Gasteiger partial charge in [-0.1, -0.05) is 19.9 Å². The summed E-state index contributed by atoms with van der Waals surface area (Å²) in [6.45, 7) is 8.58. The van der Waals surface area contributed by atoms with Crippen molar-refractivity contribution in [2.45, 2.75) is 33.7 Å². The van der Waals surface area contributed by atoms with Crippen LogP contribution in [0.2, 0.25) is 0 Å². The zero-order valence-electron chi connectivity index (χ0n) is 14.0. The molecular formula is C17H27NO4. The fourth-order valence-electron chi connectivity index (χ4n) is 1.97. The van der Waals surface area contributed by atoms with Crippen LogP contribution >= 0.6 is 0 Å². The molecule has 0 aromatic heterocycles. The van der Waals surface area contributed by atoms with Crippen molar-refractivity contribution in [1.29, 1.82) is 0 Å². The maximum absolute atomic E-state index is 10.6. The van der Waals surface area contributed by atoms with Gasteiger partial charge in [-0.25, -0.2) is 0 Å². The molecule has 0 saturated carbocycles. The lowest BCUT2D eigenvalue weighted by molar-refractivity contribution is -0.137. The molecule has 0 amide bonds. The van der Waals surface area contributed by atoms with E-state index in [4.69, 9.17) is 14.6 Å². The Balaban J connectivity index is 2.72. The highest BCUT2D eigenvalue weighted by Crippen LogP contribution is 2.29. The molecule has 124 valence electrons. The van der Waals surface area contributed by atoms with Gasteiger partial charge in [-0.05, 0) is 37.6 Å². The molecule has 1 aromatic carbocycles. The number of hydrogen-bond donors (Lipinski definition) is 1. The molecular weight excluding hydrogens is 282 g/mol. The van der Waals surface area contributed by atoms with Crippen molar-refractivity contribution in [2.24, 2.45) is 5.92 Å². The van der Waals surface area contributed by atoms with Gasteiger partial charge >= 0.3 is 5.97 Å². The van der Waals surface area contributed by atoms with E-state index in [-0.39, 0.29) is 6.42 Å². The Bertz CT molecular complexity index is 474. The number of benzene rings is 1. The molecule has 0 atom stereocenters. The second kappa shape index (κ2) is 9.30. The molecule has 0 saturated heterocycles. The zero-order chi connectivity index (χ0) is 16.5. The predicted octanol–water partition coefficient (Wildman–Crippen LogP) is 3.03. The summed E-state index contributed by atoms with van der Waals surface area (Å²) in [7, 11) is 1.91. The second-order valence-corrected chi connectivity index (χ2v) is 5.80. The Morgan fingerprint density at radius 1 is 1.27 bits per heavy atom. The van der Waals surface area contributed by atoms with E-state index < -0.39 is 5.97 Å². The summed E-state index contributed by atoms with van der Waals surface area (Å²) in [5, 5.41) is 8.72. The van der Waals surface area contributed by atoms with Crippen LogP contribution < -0.4 is 9.47 Å². The number of hydrogen-bond acceptors (Lipinski definition) is 4. The molecule has 0 aliphatic rings. The fourth-order valence-corrected chi connectivity index (χ4v) is 1.97. The van der Waals surface area contributed by atoms with Crippen LogP contribution in [0.4, 0.5) is 0 Å². The quantitative estimate of drug-likeness (QED) is 0.720. The number of nitrogens with zero attached hydrogens (tertiary/aromatic N) is 1. The lowest BCUT2D eigenvalue weighted by Crippen LogP contribution is -2.21. The first kappa shape index (κ1) is 18.3. The van der Waals surface area contributed by atoms with Gasteiger partial charge in [0.15, 0.2) is 11.5 Å². The first-order valence-corrected chi connectivity index (χ1v) is 7.71. The van der Waals surface area contributed by atoms with Crippen LogP contribution in [0.3, 0.4) is 0 Å². The van der Waals surface area contributed by atoms with Gasteiger partial charge in [0.25, 0.3) is 0 Å². The molecule has 0 fully saturated rings. The van der Waals surface area contributed by atoms with Crippen LogP contribution in [0.5, 0.6) is 11.5 Å². The van der Waals surface area contributed by atoms with E-state index in [9.17, 15) is 4.79 Å². The third-order valence-corrected chi connectivity index (χ3v) is 3.04. The van der Waals surface area contributed by atoms with Crippen molar-refractivity contribution in [2.75, 3.05) is 26.8 Å². The summed E-state index contributed by atoms with van der Waals surface area (Å²) in [6.07, 6.45) is 0.143. The molecule has 1 aromatic rings. The molecule has 0 bridgehead atoms. The van der Waals surface area contributed by atoms with Crippen LogP contribution in [0, 0.1) is 5.92 Å². The van der Waals surface area contributed by atoms with Crippen molar-refractivity contribution in [3.05, 3.63) is 23.8 Å². The average molecular weight is 309 g/mol. The van der Waals surface area contributed by atoms with Crippen molar-refractivity contribution in [1.82, 2.24) is 4.90 Å². The summed E-state index contributed by atoms with van der Waals surface area (Å²) in [4.78, 5) is 12.6. The largest absolute Gasteiger partial charge is 0.490 e. The van der Waals surface area contributed by atoms with Gasteiger partial charge in [0.05, 0.1) is 19.6 Å². The highest BCUT2D eigenvalue weighted by Gasteiger charge is 2.09. The smallest absolute Gasteiger partial charge is 0.304 e. The molecule has 5 nitrogen and oxygen atoms in total. The topological polar surface area (TPSA) is 59.0 Å². The van der Waals surface area contributed by atoms with E-state index in [1.54, 1.807) is 0 Å². The average Bonchev–Trinajstić information content (AvgIpc) is 2.44. The molecule has 0 aliphatic heterocycles. The first-order chi connectivity index (χ1) is 10.4. The van der Waals surface area contributed by atoms with Crippen LogP contribution in [0.15, 0.2) is 18.2 Å². The molecule has 0 aliphatic carbocycles. The van der Waals surface area contributed by atoms with Gasteiger partial charge in [0, 0.05) is 13.1 Å². The monoisotopic (exact) mass is 309 g/mol. The van der Waals surface area contributed by atoms with Gasteiger partial charge in [-0.2, -0.15) is 0 Å². The molecule has 5 heteroatoms. The molecule has 22 heavy (non-hydrogen) atoms. The standard InChI is InChI=1S/C17H27NO4/c1-5-21-16-10-14(11-18(4)9-8-17(19)20)6-7-15(16)22-12-13(2)3/h6-7,10,13H,5,8-9,11-12H2,1-4H3,(H,19,20). The van der Waals surface area contributed by atoms with Gasteiger partial charge in [0.2, 0.25) is 0 Å². The van der Waals surface area contributed by atoms with E-state index >= 15 is 0 Å². The van der Waals surface area contributed by atoms with Crippen molar-refractivity contribution < 1.29 is 19.4 Å². The van der Waals surface area contributed by atoms with E-state index in [1.807, 2.05) is 37.1 Å². The maximum Gasteiger partial charge on any atom is 0.304 e. The third kappa shape index (κ3) is 6.80. The lowest BCUT2D eigenvalue weighted by Gasteiger charge is -2.18. The van der Waals surface area contributed by atoms with Crippen LogP contribution in [0.1, 0.15) is 32.8 Å². The minimum absolute atomic E-state index is 0.143. The van der Waals surface area contributed by atoms with Gasteiger partial charge in [-0.3, -0.25) is 4.79 Å². The Kier molecular flexibility index (Phi) is 7.74. The minimum Gasteiger partial charge on any atom is -0.490 e. The Hall–Kier alpha value is -1.75. The van der Waals surface area contributed by atoms with Crippen LogP contribution in [0.25, 0.3) is 0 Å². The molecule has 0 spiro atoms. The lowest BCUT2D eigenvalue weighted by atomic mass is 10.2. The van der Waals surface area contributed by atoms with E-state index in [2.05, 4.69) is 13.8 Å². The normalized spacial score (nSPS) is 11.0. The Labute approximate surface area is 132 Å². The van der Waals surface area contributed by atoms with Crippen molar-refractivity contribution in [3.8, 4) is 11.5 Å². The zero-order valence-corrected chi connectivity index (χ0v) is 14.0. The maximum atomic E-state index is 10.6. The highest BCUT2D eigenvalue weighted by molar-refractivity contribution is 5.66. The van der Waals surface area contributed by atoms with E-state index in [0.29, 0.717) is 32.2 Å². The van der Waals surface area contributed by atoms with E-state index in [1.165, 1.54) is 0 Å². The van der Waals surface area contributed by atoms with Crippen LogP contribution in [-0.4, -0.2) is 42.8 Å². The van der Waals surface area contributed by atoms with Gasteiger partial charge in [-0.15, -0.1) is 0 Å². The number of carbonyl (C=O) groups is 1. The summed E-state index contributed by atoms with van der Waals surface area (Å²) >= 11 is 0. The molecule has 0 unspecified atom stereocenters. The number of ether oxygens (including phenoxy) is 2. The fraction of sp³-hybridized carbons (Fsp3) is 0.588.